The van der Waals surface area contributed by atoms with Crippen molar-refractivity contribution in [3.63, 3.8) is 0 Å². The van der Waals surface area contributed by atoms with E-state index in [-0.39, 0.29) is 18.4 Å². The lowest BCUT2D eigenvalue weighted by atomic mass is 10.1. The Balaban J connectivity index is 1.45. The lowest BCUT2D eigenvalue weighted by molar-refractivity contribution is -0.115. The van der Waals surface area contributed by atoms with Crippen LogP contribution in [0.2, 0.25) is 0 Å². The summed E-state index contributed by atoms with van der Waals surface area (Å²) >= 11 is 1.40. The van der Waals surface area contributed by atoms with Gasteiger partial charge in [-0.3, -0.25) is 4.79 Å². The fraction of sp³-hybridized carbons (Fsp3) is 0.278. The number of aryl methyl sites for hydroxylation is 1. The zero-order valence-corrected chi connectivity index (χ0v) is 14.7. The van der Waals surface area contributed by atoms with Gasteiger partial charge in [-0.25, -0.2) is 4.98 Å². The van der Waals surface area contributed by atoms with Gasteiger partial charge < -0.3 is 14.6 Å². The lowest BCUT2D eigenvalue weighted by Gasteiger charge is -2.02. The number of carbonyl (C=O) groups excluding carboxylic acids is 1. The number of carbonyl (C=O) groups is 1. The maximum absolute atomic E-state index is 12.1. The molecule has 4 rings (SSSR count). The summed E-state index contributed by atoms with van der Waals surface area (Å²) in [6, 6.07) is 7.75. The number of benzene rings is 1. The number of nitrogens with one attached hydrogen (secondary N) is 1. The van der Waals surface area contributed by atoms with Crippen LogP contribution in [0.3, 0.4) is 0 Å². The van der Waals surface area contributed by atoms with E-state index < -0.39 is 0 Å². The molecule has 0 saturated carbocycles. The van der Waals surface area contributed by atoms with E-state index in [1.165, 1.54) is 16.9 Å². The molecule has 0 fully saturated rings. The second-order valence-electron chi connectivity index (χ2n) is 6.16. The Kier molecular flexibility index (Phi) is 4.01. The Morgan fingerprint density at radius 3 is 3.08 bits per heavy atom. The molecule has 1 aliphatic heterocycles. The number of anilines is 1. The summed E-state index contributed by atoms with van der Waals surface area (Å²) in [7, 11) is 0. The maximum Gasteiger partial charge on any atom is 0.232 e. The van der Waals surface area contributed by atoms with Gasteiger partial charge in [0.25, 0.3) is 0 Å². The average molecular weight is 355 g/mol. The normalized spacial score (nSPS) is 15.7. The van der Waals surface area contributed by atoms with Crippen molar-refractivity contribution in [2.75, 3.05) is 5.32 Å². The monoisotopic (exact) mass is 355 g/mol. The predicted molar refractivity (Wildman–Crippen MR) is 94.9 cm³/mol. The van der Waals surface area contributed by atoms with E-state index >= 15 is 0 Å². The highest BCUT2D eigenvalue weighted by Crippen LogP contribution is 2.33. The molecule has 0 aliphatic carbocycles. The topological polar surface area (TPSA) is 77.2 Å². The summed E-state index contributed by atoms with van der Waals surface area (Å²) in [4.78, 5) is 16.3. The fourth-order valence-corrected chi connectivity index (χ4v) is 3.55. The van der Waals surface area contributed by atoms with Crippen molar-refractivity contribution in [1.29, 1.82) is 0 Å². The summed E-state index contributed by atoms with van der Waals surface area (Å²) in [6.07, 6.45) is 1.24. The first-order valence-corrected chi connectivity index (χ1v) is 8.92. The summed E-state index contributed by atoms with van der Waals surface area (Å²) in [5.74, 6) is 1.41. The van der Waals surface area contributed by atoms with E-state index in [2.05, 4.69) is 28.4 Å². The van der Waals surface area contributed by atoms with Gasteiger partial charge >= 0.3 is 0 Å². The highest BCUT2D eigenvalue weighted by atomic mass is 32.1. The SMILES string of the molecule is Cc1csc(NC(=O)Cc2cc(-c3ccc4c(c3)CC(C)O4)on2)n1. The molecular formula is C18H17N3O3S. The largest absolute Gasteiger partial charge is 0.490 e. The van der Waals surface area contributed by atoms with Gasteiger partial charge in [0, 0.05) is 23.4 Å². The Bertz CT molecular complexity index is 931. The number of thiazole rings is 1. The molecule has 2 aromatic heterocycles. The van der Waals surface area contributed by atoms with Gasteiger partial charge in [0.15, 0.2) is 10.9 Å². The van der Waals surface area contributed by atoms with Crippen LogP contribution in [0, 0.1) is 6.92 Å². The van der Waals surface area contributed by atoms with Crippen LogP contribution in [0.1, 0.15) is 23.9 Å². The van der Waals surface area contributed by atoms with E-state index in [1.54, 1.807) is 6.07 Å². The van der Waals surface area contributed by atoms with Crippen molar-refractivity contribution >= 4 is 22.4 Å². The molecule has 6 nitrogen and oxygen atoms in total. The van der Waals surface area contributed by atoms with Gasteiger partial charge in [-0.1, -0.05) is 5.16 Å². The summed E-state index contributed by atoms with van der Waals surface area (Å²) < 4.78 is 11.1. The molecule has 1 amide bonds. The zero-order valence-electron chi connectivity index (χ0n) is 13.9. The van der Waals surface area contributed by atoms with Crippen LogP contribution in [0.25, 0.3) is 11.3 Å². The van der Waals surface area contributed by atoms with E-state index in [0.29, 0.717) is 16.6 Å². The number of hydrogen-bond acceptors (Lipinski definition) is 6. The van der Waals surface area contributed by atoms with Crippen molar-refractivity contribution in [2.24, 2.45) is 0 Å². The molecule has 128 valence electrons. The first kappa shape index (κ1) is 15.8. The average Bonchev–Trinajstić information content (AvgIpc) is 3.26. The second-order valence-corrected chi connectivity index (χ2v) is 7.01. The molecule has 0 bridgehead atoms. The number of rotatable bonds is 4. The summed E-state index contributed by atoms with van der Waals surface area (Å²) in [6.45, 7) is 3.94. The summed E-state index contributed by atoms with van der Waals surface area (Å²) in [5, 5.41) is 9.26. The van der Waals surface area contributed by atoms with E-state index in [0.717, 1.165) is 23.4 Å². The second kappa shape index (κ2) is 6.33. The molecule has 1 unspecified atom stereocenters. The highest BCUT2D eigenvalue weighted by Gasteiger charge is 2.20. The molecule has 1 N–H and O–H groups in total. The number of ether oxygens (including phenoxy) is 1. The highest BCUT2D eigenvalue weighted by molar-refractivity contribution is 7.13. The standard InChI is InChI=1S/C18H17N3O3S/c1-10-9-25-18(19-10)20-17(22)8-14-7-16(24-21-14)12-3-4-15-13(6-12)5-11(2)23-15/h3-4,6-7,9,11H,5,8H2,1-2H3,(H,19,20,22). The zero-order chi connectivity index (χ0) is 17.4. The molecule has 0 radical (unpaired) electrons. The van der Waals surface area contributed by atoms with Crippen molar-refractivity contribution in [3.05, 3.63) is 46.6 Å². The molecule has 3 heterocycles. The van der Waals surface area contributed by atoms with Gasteiger partial charge in [-0.2, -0.15) is 0 Å². The van der Waals surface area contributed by atoms with Crippen molar-refractivity contribution in [3.8, 4) is 17.1 Å². The minimum absolute atomic E-state index is 0.146. The number of nitrogens with zero attached hydrogens (tertiary/aromatic N) is 2. The molecule has 0 spiro atoms. The molecular weight excluding hydrogens is 338 g/mol. The molecule has 25 heavy (non-hydrogen) atoms. The minimum Gasteiger partial charge on any atom is -0.490 e. The lowest BCUT2D eigenvalue weighted by Crippen LogP contribution is -2.14. The van der Waals surface area contributed by atoms with E-state index in [4.69, 9.17) is 9.26 Å². The molecule has 3 aromatic rings. The maximum atomic E-state index is 12.1. The number of amides is 1. The van der Waals surface area contributed by atoms with Gasteiger partial charge in [0.05, 0.1) is 17.8 Å². The summed E-state index contributed by atoms with van der Waals surface area (Å²) in [5.41, 5.74) is 3.58. The van der Waals surface area contributed by atoms with Crippen LogP contribution in [0.4, 0.5) is 5.13 Å². The van der Waals surface area contributed by atoms with Crippen LogP contribution in [-0.4, -0.2) is 22.2 Å². The molecule has 7 heteroatoms. The molecule has 1 atom stereocenters. The third kappa shape index (κ3) is 3.41. The van der Waals surface area contributed by atoms with Crippen molar-refractivity contribution in [1.82, 2.24) is 10.1 Å². The van der Waals surface area contributed by atoms with Gasteiger partial charge in [-0.05, 0) is 37.6 Å². The Morgan fingerprint density at radius 1 is 1.40 bits per heavy atom. The third-order valence-corrected chi connectivity index (χ3v) is 4.82. The van der Waals surface area contributed by atoms with E-state index in [9.17, 15) is 4.79 Å². The molecule has 0 saturated heterocycles. The van der Waals surface area contributed by atoms with Crippen LogP contribution in [0.15, 0.2) is 34.2 Å². The van der Waals surface area contributed by atoms with Crippen LogP contribution < -0.4 is 10.1 Å². The molecule has 1 aromatic carbocycles. The predicted octanol–water partition coefficient (Wildman–Crippen LogP) is 3.61. The van der Waals surface area contributed by atoms with Crippen molar-refractivity contribution < 1.29 is 14.1 Å². The number of aromatic nitrogens is 2. The smallest absolute Gasteiger partial charge is 0.232 e. The number of hydrogen-bond donors (Lipinski definition) is 1. The first-order chi connectivity index (χ1) is 12.1. The Labute approximate surface area is 148 Å². The van der Waals surface area contributed by atoms with Crippen molar-refractivity contribution in [2.45, 2.75) is 32.8 Å². The first-order valence-electron chi connectivity index (χ1n) is 8.04. The van der Waals surface area contributed by atoms with Gasteiger partial charge in [0.2, 0.25) is 5.91 Å². The minimum atomic E-state index is -0.162. The molecule has 1 aliphatic rings. The number of fused-ring (bicyclic) bond motifs is 1. The quantitative estimate of drug-likeness (QED) is 0.773. The Hall–Kier alpha value is -2.67. The van der Waals surface area contributed by atoms with Crippen LogP contribution >= 0.6 is 11.3 Å². The van der Waals surface area contributed by atoms with Crippen LogP contribution in [0.5, 0.6) is 5.75 Å². The van der Waals surface area contributed by atoms with Gasteiger partial charge in [-0.15, -0.1) is 11.3 Å². The van der Waals surface area contributed by atoms with Gasteiger partial charge in [0.1, 0.15) is 11.9 Å². The fourth-order valence-electron chi connectivity index (χ4n) is 2.85. The third-order valence-electron chi connectivity index (χ3n) is 3.95. The van der Waals surface area contributed by atoms with Crippen LogP contribution in [-0.2, 0) is 17.6 Å². The van der Waals surface area contributed by atoms with E-state index in [1.807, 2.05) is 24.4 Å². The Morgan fingerprint density at radius 2 is 2.28 bits per heavy atom.